The zero-order valence-electron chi connectivity index (χ0n) is 19.3. The Labute approximate surface area is 197 Å². The maximum Gasteiger partial charge on any atom is 0.229 e. The lowest BCUT2D eigenvalue weighted by molar-refractivity contribution is 0.0986. The van der Waals surface area contributed by atoms with Gasteiger partial charge in [0, 0.05) is 54.8 Å². The van der Waals surface area contributed by atoms with E-state index in [4.69, 9.17) is 24.4 Å². The molecular formula is C25H29N7O2. The molecule has 34 heavy (non-hydrogen) atoms. The molecule has 2 unspecified atom stereocenters. The molecule has 6 heterocycles. The molecule has 9 nitrogen and oxygen atoms in total. The lowest BCUT2D eigenvalue weighted by Crippen LogP contribution is -2.45. The number of hydrogen-bond donors (Lipinski definition) is 2. The van der Waals surface area contributed by atoms with Crippen molar-refractivity contribution in [1.82, 2.24) is 24.9 Å². The Morgan fingerprint density at radius 2 is 1.94 bits per heavy atom. The summed E-state index contributed by atoms with van der Waals surface area (Å²) in [6.45, 7) is 7.99. The Balaban J connectivity index is 1.36. The smallest absolute Gasteiger partial charge is 0.229 e. The number of fused-ring (bicyclic) bond motifs is 3. The molecule has 1 aromatic carbocycles. The van der Waals surface area contributed by atoms with E-state index in [1.807, 2.05) is 6.20 Å². The van der Waals surface area contributed by atoms with Crippen LogP contribution in [-0.4, -0.2) is 77.0 Å². The zero-order valence-corrected chi connectivity index (χ0v) is 19.3. The number of hydrogen-bond acceptors (Lipinski definition) is 7. The van der Waals surface area contributed by atoms with Gasteiger partial charge in [-0.2, -0.15) is 9.97 Å². The number of imidazole rings is 1. The van der Waals surface area contributed by atoms with Gasteiger partial charge in [0.25, 0.3) is 0 Å². The number of aromatic amines is 2. The first-order valence-electron chi connectivity index (χ1n) is 12.3. The molecule has 7 rings (SSSR count). The Morgan fingerprint density at radius 1 is 1.00 bits per heavy atom. The first kappa shape index (κ1) is 20.2. The fourth-order valence-corrected chi connectivity index (χ4v) is 5.72. The first-order valence-corrected chi connectivity index (χ1v) is 12.3. The van der Waals surface area contributed by atoms with Gasteiger partial charge in [0.1, 0.15) is 11.3 Å². The molecule has 4 aromatic rings. The molecule has 0 saturated carbocycles. The number of nitrogens with zero attached hydrogens (tertiary/aromatic N) is 5. The second-order valence-electron chi connectivity index (χ2n) is 9.79. The third-order valence-corrected chi connectivity index (χ3v) is 7.65. The van der Waals surface area contributed by atoms with Crippen LogP contribution in [0.3, 0.4) is 0 Å². The number of morpholine rings is 1. The van der Waals surface area contributed by atoms with Gasteiger partial charge in [0.2, 0.25) is 5.95 Å². The summed E-state index contributed by atoms with van der Waals surface area (Å²) in [5, 5.41) is 1.14. The molecule has 0 spiro atoms. The van der Waals surface area contributed by atoms with Crippen LogP contribution in [0.4, 0.5) is 11.8 Å². The average molecular weight is 460 g/mol. The normalized spacial score (nSPS) is 25.4. The third kappa shape index (κ3) is 3.25. The van der Waals surface area contributed by atoms with Gasteiger partial charge in [0.15, 0.2) is 11.5 Å². The van der Waals surface area contributed by atoms with Crippen LogP contribution in [0.15, 0.2) is 30.5 Å². The molecule has 0 aliphatic carbocycles. The molecule has 3 atom stereocenters. The van der Waals surface area contributed by atoms with E-state index in [1.165, 1.54) is 0 Å². The average Bonchev–Trinajstić information content (AvgIpc) is 3.62. The molecule has 3 aliphatic heterocycles. The summed E-state index contributed by atoms with van der Waals surface area (Å²) in [7, 11) is 0. The maximum absolute atomic E-state index is 5.75. The second-order valence-corrected chi connectivity index (χ2v) is 9.79. The van der Waals surface area contributed by atoms with Crippen LogP contribution >= 0.6 is 0 Å². The van der Waals surface area contributed by atoms with Gasteiger partial charge in [-0.1, -0.05) is 12.1 Å². The fraction of sp³-hybridized carbons (Fsp3) is 0.480. The van der Waals surface area contributed by atoms with Gasteiger partial charge in [-0.15, -0.1) is 0 Å². The quantitative estimate of drug-likeness (QED) is 0.486. The van der Waals surface area contributed by atoms with E-state index in [0.717, 1.165) is 78.8 Å². The zero-order chi connectivity index (χ0) is 22.6. The fourth-order valence-electron chi connectivity index (χ4n) is 5.72. The van der Waals surface area contributed by atoms with Gasteiger partial charge in [-0.05, 0) is 31.4 Å². The van der Waals surface area contributed by atoms with Crippen LogP contribution in [0, 0.1) is 11.8 Å². The van der Waals surface area contributed by atoms with Crippen molar-refractivity contribution in [2.45, 2.75) is 19.4 Å². The van der Waals surface area contributed by atoms with Crippen molar-refractivity contribution in [2.24, 2.45) is 11.8 Å². The highest BCUT2D eigenvalue weighted by Gasteiger charge is 2.35. The summed E-state index contributed by atoms with van der Waals surface area (Å²) in [6.07, 6.45) is 3.09. The summed E-state index contributed by atoms with van der Waals surface area (Å²) >= 11 is 0. The first-order chi connectivity index (χ1) is 16.7. The summed E-state index contributed by atoms with van der Waals surface area (Å²) in [5.41, 5.74) is 3.75. The number of rotatable bonds is 3. The predicted molar refractivity (Wildman–Crippen MR) is 131 cm³/mol. The Bertz CT molecular complexity index is 1350. The van der Waals surface area contributed by atoms with Crippen molar-refractivity contribution in [1.29, 1.82) is 0 Å². The molecule has 3 aliphatic rings. The van der Waals surface area contributed by atoms with Gasteiger partial charge in [-0.3, -0.25) is 0 Å². The van der Waals surface area contributed by atoms with E-state index in [9.17, 15) is 0 Å². The maximum atomic E-state index is 5.75. The van der Waals surface area contributed by atoms with Gasteiger partial charge >= 0.3 is 0 Å². The molecule has 0 bridgehead atoms. The van der Waals surface area contributed by atoms with Crippen LogP contribution in [0.5, 0.6) is 0 Å². The minimum atomic E-state index is 0.230. The molecule has 176 valence electrons. The van der Waals surface area contributed by atoms with Gasteiger partial charge < -0.3 is 29.2 Å². The molecule has 2 N–H and O–H groups in total. The highest BCUT2D eigenvalue weighted by atomic mass is 16.5. The SMILES string of the molecule is C[C@@H]1COCCN1c1nc(N2CCC3COCC3C2)nc2nc(-c3cccc4[nH]ccc34)[nH]c12. The number of benzene rings is 1. The standard InChI is InChI=1S/C25H29N7O2/c1-15-12-33-10-9-32(15)24-21-23(28-22(27-21)19-3-2-4-20-18(19)5-7-26-20)29-25(30-24)31-8-6-16-13-34-14-17(16)11-31/h2-5,7,15-17,26H,6,8-14H2,1H3,(H,27,28,29,30)/t15-,16?,17?/m1/s1. The van der Waals surface area contributed by atoms with E-state index in [0.29, 0.717) is 30.7 Å². The lowest BCUT2D eigenvalue weighted by atomic mass is 9.89. The molecule has 3 fully saturated rings. The van der Waals surface area contributed by atoms with Crippen LogP contribution in [-0.2, 0) is 9.47 Å². The van der Waals surface area contributed by atoms with Crippen molar-refractivity contribution in [2.75, 3.05) is 55.9 Å². The van der Waals surface area contributed by atoms with Crippen molar-refractivity contribution in [3.8, 4) is 11.4 Å². The van der Waals surface area contributed by atoms with Crippen molar-refractivity contribution >= 4 is 33.8 Å². The van der Waals surface area contributed by atoms with Gasteiger partial charge in [0.05, 0.1) is 25.9 Å². The Hall–Kier alpha value is -3.17. The second kappa shape index (κ2) is 7.95. The van der Waals surface area contributed by atoms with Crippen LogP contribution < -0.4 is 9.80 Å². The predicted octanol–water partition coefficient (Wildman–Crippen LogP) is 3.20. The number of nitrogens with one attached hydrogen (secondary N) is 2. The number of ether oxygens (including phenoxy) is 2. The van der Waals surface area contributed by atoms with Crippen molar-refractivity contribution < 1.29 is 9.47 Å². The Morgan fingerprint density at radius 3 is 2.88 bits per heavy atom. The van der Waals surface area contributed by atoms with Crippen molar-refractivity contribution in [3.05, 3.63) is 30.5 Å². The highest BCUT2D eigenvalue weighted by Crippen LogP contribution is 2.35. The number of aromatic nitrogens is 5. The van der Waals surface area contributed by atoms with E-state index in [1.54, 1.807) is 0 Å². The van der Waals surface area contributed by atoms with Crippen LogP contribution in [0.2, 0.25) is 0 Å². The molecule has 0 radical (unpaired) electrons. The number of piperidine rings is 1. The van der Waals surface area contributed by atoms with Gasteiger partial charge in [-0.25, -0.2) is 4.98 Å². The number of H-pyrrole nitrogens is 2. The molecular weight excluding hydrogens is 430 g/mol. The largest absolute Gasteiger partial charge is 0.381 e. The third-order valence-electron chi connectivity index (χ3n) is 7.65. The summed E-state index contributed by atoms with van der Waals surface area (Å²) in [5.74, 6) is 3.72. The minimum absolute atomic E-state index is 0.230. The van der Waals surface area contributed by atoms with E-state index in [-0.39, 0.29) is 6.04 Å². The highest BCUT2D eigenvalue weighted by molar-refractivity contribution is 5.96. The van der Waals surface area contributed by atoms with E-state index in [2.05, 4.69) is 51.0 Å². The summed E-state index contributed by atoms with van der Waals surface area (Å²) in [6, 6.07) is 8.56. The monoisotopic (exact) mass is 459 g/mol. The summed E-state index contributed by atoms with van der Waals surface area (Å²) in [4.78, 5) is 26.6. The Kier molecular flexibility index (Phi) is 4.73. The lowest BCUT2D eigenvalue weighted by Gasteiger charge is -2.36. The van der Waals surface area contributed by atoms with Crippen molar-refractivity contribution in [3.63, 3.8) is 0 Å². The van der Waals surface area contributed by atoms with E-state index >= 15 is 0 Å². The molecule has 9 heteroatoms. The van der Waals surface area contributed by atoms with E-state index < -0.39 is 0 Å². The van der Waals surface area contributed by atoms with Crippen LogP contribution in [0.1, 0.15) is 13.3 Å². The molecule has 3 aromatic heterocycles. The molecule has 3 saturated heterocycles. The van der Waals surface area contributed by atoms with Crippen LogP contribution in [0.25, 0.3) is 33.5 Å². The topological polar surface area (TPSA) is 95.2 Å². The summed E-state index contributed by atoms with van der Waals surface area (Å²) < 4.78 is 11.5. The molecule has 0 amide bonds. The number of anilines is 2. The minimum Gasteiger partial charge on any atom is -0.381 e.